The van der Waals surface area contributed by atoms with Crippen molar-refractivity contribution in [3.63, 3.8) is 0 Å². The van der Waals surface area contributed by atoms with Gasteiger partial charge in [0.05, 0.1) is 12.1 Å². The Morgan fingerprint density at radius 3 is 0.923 bits per heavy atom. The zero-order chi connectivity index (χ0) is 6.83. The molecule has 13 heavy (non-hydrogen) atoms. The third-order valence-corrected chi connectivity index (χ3v) is 0.316. The van der Waals surface area contributed by atoms with Crippen molar-refractivity contribution in [3.05, 3.63) is 0 Å². The summed E-state index contributed by atoms with van der Waals surface area (Å²) >= 11 is 0. The molecule has 0 saturated carbocycles. The first-order valence-electron chi connectivity index (χ1n) is 2.57. The fraction of sp³-hybridized carbons (Fsp3) is 0.667. The molecule has 0 aromatic heterocycles. The Balaban J connectivity index is -0.00000000800. The van der Waals surface area contributed by atoms with E-state index in [0.717, 1.165) is 0 Å². The number of nitriles is 2. The van der Waals surface area contributed by atoms with Gasteiger partial charge in [0.25, 0.3) is 0 Å². The zero-order valence-electron chi connectivity index (χ0n) is 7.29. The Morgan fingerprint density at radius 1 is 0.846 bits per heavy atom. The van der Waals surface area contributed by atoms with Gasteiger partial charge in [-0.25, -0.2) is 0 Å². The van der Waals surface area contributed by atoms with E-state index in [-0.39, 0.29) is 56.8 Å². The van der Waals surface area contributed by atoms with Crippen LogP contribution in [-0.4, -0.2) is 0 Å². The maximum atomic E-state index is 7.62. The van der Waals surface area contributed by atoms with Crippen LogP contribution in [0.15, 0.2) is 0 Å². The standard InChI is InChI=1S/2C3H5N.2ClH.Mo.2O/c2*1-2-3-4;;;;;/h2*2H2,1H3;2*1H;;;/q;;;;+6;2*-2/p-2. The van der Waals surface area contributed by atoms with Crippen LogP contribution in [0.25, 0.3) is 0 Å². The summed E-state index contributed by atoms with van der Waals surface area (Å²) in [4.78, 5) is 0. The van der Waals surface area contributed by atoms with Gasteiger partial charge in [0.1, 0.15) is 0 Å². The van der Waals surface area contributed by atoms with Gasteiger partial charge in [-0.2, -0.15) is 10.5 Å². The maximum absolute atomic E-state index is 7.62. The molecule has 0 aliphatic heterocycles. The van der Waals surface area contributed by atoms with Crippen molar-refractivity contribution in [2.75, 3.05) is 0 Å². The van der Waals surface area contributed by atoms with E-state index in [2.05, 4.69) is 0 Å². The van der Waals surface area contributed by atoms with Crippen LogP contribution >= 0.6 is 0 Å². The molecular formula is C6H10Cl2MoN2O2. The topological polar surface area (TPSA) is 105 Å². The van der Waals surface area contributed by atoms with Crippen LogP contribution in [0.3, 0.4) is 0 Å². The Bertz CT molecular complexity index is 100. The van der Waals surface area contributed by atoms with E-state index < -0.39 is 0 Å². The van der Waals surface area contributed by atoms with Gasteiger partial charge < -0.3 is 35.8 Å². The molecule has 0 heterocycles. The number of rotatable bonds is 0. The molecule has 0 aromatic carbocycles. The van der Waals surface area contributed by atoms with E-state index in [0.29, 0.717) is 12.8 Å². The Hall–Kier alpha value is 0.168. The summed E-state index contributed by atoms with van der Waals surface area (Å²) in [6.45, 7) is 3.64. The number of nitrogens with zero attached hydrogens (tertiary/aromatic N) is 2. The van der Waals surface area contributed by atoms with Gasteiger partial charge in [0.2, 0.25) is 0 Å². The van der Waals surface area contributed by atoms with Crippen LogP contribution in [0.2, 0.25) is 0 Å². The van der Waals surface area contributed by atoms with Crippen molar-refractivity contribution in [3.8, 4) is 12.1 Å². The zero-order valence-corrected chi connectivity index (χ0v) is 10.8. The van der Waals surface area contributed by atoms with E-state index in [1.54, 1.807) is 0 Å². The molecule has 76 valence electrons. The minimum absolute atomic E-state index is 0. The van der Waals surface area contributed by atoms with E-state index in [4.69, 9.17) is 10.5 Å². The first-order chi connectivity index (χ1) is 3.83. The van der Waals surface area contributed by atoms with Crippen molar-refractivity contribution in [2.24, 2.45) is 0 Å². The average Bonchev–Trinajstić information content (AvgIpc) is 1.88. The fourth-order valence-electron chi connectivity index (χ4n) is 0. The summed E-state index contributed by atoms with van der Waals surface area (Å²) in [5.74, 6) is 0. The van der Waals surface area contributed by atoms with Gasteiger partial charge in [-0.1, -0.05) is 13.8 Å². The summed E-state index contributed by atoms with van der Waals surface area (Å²) in [5, 5.41) is 15.2. The van der Waals surface area contributed by atoms with Crippen molar-refractivity contribution in [1.29, 1.82) is 10.5 Å². The molecule has 0 saturated heterocycles. The van der Waals surface area contributed by atoms with Gasteiger partial charge >= 0.3 is 21.1 Å². The molecule has 0 bridgehead atoms. The molecule has 0 aliphatic rings. The van der Waals surface area contributed by atoms with Gasteiger partial charge in [-0.15, -0.1) is 0 Å². The van der Waals surface area contributed by atoms with E-state index in [1.165, 1.54) is 0 Å². The molecule has 0 unspecified atom stereocenters. The molecule has 0 spiro atoms. The van der Waals surface area contributed by atoms with Crippen LogP contribution in [0.5, 0.6) is 0 Å². The quantitative estimate of drug-likeness (QED) is 0.422. The minimum Gasteiger partial charge on any atom is -2.00 e. The van der Waals surface area contributed by atoms with Crippen molar-refractivity contribution in [1.82, 2.24) is 0 Å². The molecule has 0 aromatic rings. The summed E-state index contributed by atoms with van der Waals surface area (Å²) in [5.41, 5.74) is 0. The molecule has 0 rings (SSSR count). The Morgan fingerprint density at radius 2 is 0.923 bits per heavy atom. The summed E-state index contributed by atoms with van der Waals surface area (Å²) in [6.07, 6.45) is 1.25. The van der Waals surface area contributed by atoms with Crippen molar-refractivity contribution < 1.29 is 56.8 Å². The normalized spacial score (nSPS) is 3.08. The Kier molecular flexibility index (Phi) is 344. The number of halogens is 2. The molecule has 0 amide bonds. The molecule has 7 heteroatoms. The monoisotopic (exact) mass is 310 g/mol. The van der Waals surface area contributed by atoms with Crippen LogP contribution in [0, 0.1) is 22.7 Å². The molecule has 0 atom stereocenters. The third-order valence-electron chi connectivity index (χ3n) is 0.316. The van der Waals surface area contributed by atoms with Crippen LogP contribution in [-0.2, 0) is 32.0 Å². The van der Waals surface area contributed by atoms with E-state index >= 15 is 0 Å². The maximum Gasteiger partial charge on any atom is 6.00 e. The molecule has 0 fully saturated rings. The van der Waals surface area contributed by atoms with E-state index in [1.807, 2.05) is 26.0 Å². The molecule has 0 N–H and O–H groups in total. The summed E-state index contributed by atoms with van der Waals surface area (Å²) in [6, 6.07) is 3.86. The first kappa shape index (κ1) is 51.2. The largest absolute Gasteiger partial charge is 6.00 e. The predicted molar refractivity (Wildman–Crippen MR) is 33.2 cm³/mol. The second-order valence-corrected chi connectivity index (χ2v) is 1.02. The Labute approximate surface area is 106 Å². The second kappa shape index (κ2) is 87.4. The van der Waals surface area contributed by atoms with Crippen molar-refractivity contribution >= 4 is 0 Å². The van der Waals surface area contributed by atoms with Gasteiger partial charge in [-0.3, -0.25) is 0 Å². The number of hydrogen-bond donors (Lipinski definition) is 0. The van der Waals surface area contributed by atoms with Gasteiger partial charge in [0, 0.05) is 12.8 Å². The summed E-state index contributed by atoms with van der Waals surface area (Å²) < 4.78 is 0. The first-order valence-corrected chi connectivity index (χ1v) is 2.57. The van der Waals surface area contributed by atoms with Gasteiger partial charge in [0.15, 0.2) is 0 Å². The smallest absolute Gasteiger partial charge is 2.00 e. The average molecular weight is 309 g/mol. The van der Waals surface area contributed by atoms with Crippen LogP contribution in [0.1, 0.15) is 26.7 Å². The second-order valence-electron chi connectivity index (χ2n) is 1.02. The SMILES string of the molecule is CCC#N.CCC#N.[Cl-].[Cl-].[Mo+6].[O-2].[O-2]. The summed E-state index contributed by atoms with van der Waals surface area (Å²) in [7, 11) is 0. The van der Waals surface area contributed by atoms with E-state index in [9.17, 15) is 0 Å². The van der Waals surface area contributed by atoms with Crippen molar-refractivity contribution in [2.45, 2.75) is 26.7 Å². The predicted octanol–water partition coefficient (Wildman–Crippen LogP) is -4.39. The van der Waals surface area contributed by atoms with Crippen LogP contribution < -0.4 is 24.8 Å². The van der Waals surface area contributed by atoms with Crippen LogP contribution in [0.4, 0.5) is 0 Å². The number of hydrogen-bond acceptors (Lipinski definition) is 2. The minimum atomic E-state index is 0. The van der Waals surface area contributed by atoms with Gasteiger partial charge in [-0.05, 0) is 0 Å². The molecule has 4 nitrogen and oxygen atoms in total. The molecule has 0 radical (unpaired) electrons. The third kappa shape index (κ3) is 268. The molecule has 0 aliphatic carbocycles. The molecular weight excluding hydrogens is 299 g/mol. The fourth-order valence-corrected chi connectivity index (χ4v) is 0.